The van der Waals surface area contributed by atoms with Gasteiger partial charge in [0.2, 0.25) is 0 Å². The Labute approximate surface area is 97.4 Å². The number of nitrogens with zero attached hydrogens (tertiary/aromatic N) is 1. The Morgan fingerprint density at radius 3 is 2.00 bits per heavy atom. The average Bonchev–Trinajstić information content (AvgIpc) is 2.12. The molecule has 0 aliphatic carbocycles. The zero-order chi connectivity index (χ0) is 5.98. The van der Waals surface area contributed by atoms with Gasteiger partial charge in [-0.1, -0.05) is 12.8 Å². The number of amides is 2. The Morgan fingerprint density at radius 1 is 1.33 bits per heavy atom. The fourth-order valence-electron chi connectivity index (χ4n) is 0.920. The molecule has 0 bridgehead atoms. The van der Waals surface area contributed by atoms with E-state index in [0.717, 1.165) is 25.9 Å². The summed E-state index contributed by atoms with van der Waals surface area (Å²) in [4.78, 5) is 11.8. The molecule has 0 unspecified atom stereocenters. The SMILES string of the molecule is [K+].[NH-]C(=O)N1CCCC1. The fraction of sp³-hybridized carbons (Fsp3) is 0.800. The molecular weight excluding hydrogens is 143 g/mol. The van der Waals surface area contributed by atoms with Gasteiger partial charge < -0.3 is 10.6 Å². The summed E-state index contributed by atoms with van der Waals surface area (Å²) in [6.07, 6.45) is 2.15. The predicted molar refractivity (Wildman–Crippen MR) is 30.5 cm³/mol. The quantitative estimate of drug-likeness (QED) is 0.380. The van der Waals surface area contributed by atoms with E-state index in [-0.39, 0.29) is 51.4 Å². The molecule has 4 heteroatoms. The minimum absolute atomic E-state index is 0. The van der Waals surface area contributed by atoms with E-state index in [1.807, 2.05) is 0 Å². The first kappa shape index (κ1) is 9.91. The molecule has 9 heavy (non-hydrogen) atoms. The first-order chi connectivity index (χ1) is 3.80. The average molecular weight is 152 g/mol. The maximum absolute atomic E-state index is 10.2. The molecule has 1 saturated heterocycles. The van der Waals surface area contributed by atoms with Crippen LogP contribution >= 0.6 is 0 Å². The minimum Gasteiger partial charge on any atom is -0.447 e. The van der Waals surface area contributed by atoms with Gasteiger partial charge in [-0.15, -0.1) is 0 Å². The molecule has 46 valence electrons. The van der Waals surface area contributed by atoms with Gasteiger partial charge in [0.15, 0.2) is 6.03 Å². The van der Waals surface area contributed by atoms with Gasteiger partial charge in [-0.25, -0.2) is 0 Å². The number of hydrogen-bond donors (Lipinski definition) is 0. The molecule has 0 aromatic heterocycles. The zero-order valence-electron chi connectivity index (χ0n) is 5.68. The Hall–Kier alpha value is 0.906. The van der Waals surface area contributed by atoms with Crippen LogP contribution in [0.4, 0.5) is 4.79 Å². The van der Waals surface area contributed by atoms with E-state index >= 15 is 0 Å². The third kappa shape index (κ3) is 3.00. The van der Waals surface area contributed by atoms with Gasteiger partial charge in [0.25, 0.3) is 0 Å². The summed E-state index contributed by atoms with van der Waals surface area (Å²) in [5, 5.41) is 0. The van der Waals surface area contributed by atoms with Crippen LogP contribution in [0.1, 0.15) is 12.8 Å². The summed E-state index contributed by atoms with van der Waals surface area (Å²) in [6, 6.07) is -0.525. The van der Waals surface area contributed by atoms with Crippen LogP contribution in [0.2, 0.25) is 0 Å². The van der Waals surface area contributed by atoms with Crippen LogP contribution in [0.25, 0.3) is 5.73 Å². The van der Waals surface area contributed by atoms with Gasteiger partial charge in [-0.2, -0.15) is 0 Å². The number of urea groups is 1. The summed E-state index contributed by atoms with van der Waals surface area (Å²) < 4.78 is 0. The summed E-state index contributed by atoms with van der Waals surface area (Å²) in [5.41, 5.74) is 6.66. The molecule has 3 nitrogen and oxygen atoms in total. The zero-order valence-corrected chi connectivity index (χ0v) is 8.81. The van der Waals surface area contributed by atoms with Crippen molar-refractivity contribution in [1.29, 1.82) is 0 Å². The molecule has 1 aliphatic rings. The standard InChI is InChI=1S/C5H10N2O.K/c6-5(8)7-3-1-2-4-7;/h1-4H2,(H2,6,8);/q;+1/p-1. The minimum atomic E-state index is -0.525. The van der Waals surface area contributed by atoms with Crippen LogP contribution in [0, 0.1) is 0 Å². The Kier molecular flexibility index (Phi) is 5.15. The molecule has 0 aromatic rings. The molecule has 0 atom stereocenters. The Morgan fingerprint density at radius 2 is 1.78 bits per heavy atom. The third-order valence-corrected chi connectivity index (χ3v) is 1.39. The van der Waals surface area contributed by atoms with Crippen molar-refractivity contribution in [2.24, 2.45) is 0 Å². The smallest absolute Gasteiger partial charge is 0.447 e. The molecule has 1 heterocycles. The van der Waals surface area contributed by atoms with Gasteiger partial charge in [0, 0.05) is 0 Å². The second-order valence-electron chi connectivity index (χ2n) is 2.00. The number of rotatable bonds is 0. The number of nitrogens with one attached hydrogen (secondary N) is 1. The first-order valence-corrected chi connectivity index (χ1v) is 2.81. The second-order valence-corrected chi connectivity index (χ2v) is 2.00. The Balaban J connectivity index is 0.000000640. The number of likely N-dealkylation sites (tertiary alicyclic amines) is 1. The molecule has 1 N–H and O–H groups in total. The molecule has 0 aromatic carbocycles. The van der Waals surface area contributed by atoms with E-state index in [2.05, 4.69) is 0 Å². The van der Waals surface area contributed by atoms with Crippen LogP contribution in [-0.4, -0.2) is 24.0 Å². The van der Waals surface area contributed by atoms with E-state index in [9.17, 15) is 4.79 Å². The number of hydrogen-bond acceptors (Lipinski definition) is 1. The summed E-state index contributed by atoms with van der Waals surface area (Å²) in [6.45, 7) is 1.59. The molecule has 1 aliphatic heterocycles. The van der Waals surface area contributed by atoms with Crippen LogP contribution < -0.4 is 51.4 Å². The topological polar surface area (TPSA) is 44.1 Å². The van der Waals surface area contributed by atoms with Crippen LogP contribution in [0.5, 0.6) is 0 Å². The van der Waals surface area contributed by atoms with E-state index in [1.54, 1.807) is 4.90 Å². The monoisotopic (exact) mass is 152 g/mol. The van der Waals surface area contributed by atoms with Crippen molar-refractivity contribution in [3.63, 3.8) is 0 Å². The van der Waals surface area contributed by atoms with Gasteiger partial charge in [0.1, 0.15) is 0 Å². The number of carbonyl (C=O) groups is 1. The maximum atomic E-state index is 10.2. The molecule has 2 amide bonds. The van der Waals surface area contributed by atoms with Crippen LogP contribution in [0.15, 0.2) is 0 Å². The molecule has 1 rings (SSSR count). The molecule has 0 radical (unpaired) electrons. The largest absolute Gasteiger partial charge is 1.00 e. The van der Waals surface area contributed by atoms with Gasteiger partial charge in [-0.3, -0.25) is 4.79 Å². The summed E-state index contributed by atoms with van der Waals surface area (Å²) in [7, 11) is 0. The van der Waals surface area contributed by atoms with E-state index in [0.29, 0.717) is 0 Å². The second kappa shape index (κ2) is 4.68. The first-order valence-electron chi connectivity index (χ1n) is 2.81. The normalized spacial score (nSPS) is 17.1. The fourth-order valence-corrected chi connectivity index (χ4v) is 0.920. The predicted octanol–water partition coefficient (Wildman–Crippen LogP) is -1.74. The molecule has 0 saturated carbocycles. The van der Waals surface area contributed by atoms with Crippen molar-refractivity contribution in [2.45, 2.75) is 12.8 Å². The van der Waals surface area contributed by atoms with Gasteiger partial charge >= 0.3 is 51.4 Å². The van der Waals surface area contributed by atoms with E-state index < -0.39 is 6.03 Å². The van der Waals surface area contributed by atoms with Crippen molar-refractivity contribution >= 4 is 6.03 Å². The maximum Gasteiger partial charge on any atom is 1.00 e. The van der Waals surface area contributed by atoms with Crippen LogP contribution in [0.3, 0.4) is 0 Å². The van der Waals surface area contributed by atoms with Crippen molar-refractivity contribution in [2.75, 3.05) is 13.1 Å². The van der Waals surface area contributed by atoms with Crippen molar-refractivity contribution in [1.82, 2.24) is 4.90 Å². The molecule has 1 fully saturated rings. The van der Waals surface area contributed by atoms with Gasteiger partial charge in [-0.05, 0) is 13.1 Å². The number of carbonyl (C=O) groups excluding carboxylic acids is 1. The van der Waals surface area contributed by atoms with Gasteiger partial charge in [0.05, 0.1) is 0 Å². The Bertz CT molecular complexity index is 101. The summed E-state index contributed by atoms with van der Waals surface area (Å²) >= 11 is 0. The summed E-state index contributed by atoms with van der Waals surface area (Å²) in [5.74, 6) is 0. The van der Waals surface area contributed by atoms with Crippen LogP contribution in [-0.2, 0) is 0 Å². The van der Waals surface area contributed by atoms with E-state index in [1.165, 1.54) is 0 Å². The van der Waals surface area contributed by atoms with Crippen molar-refractivity contribution < 1.29 is 56.2 Å². The third-order valence-electron chi connectivity index (χ3n) is 1.39. The van der Waals surface area contributed by atoms with Crippen molar-refractivity contribution in [3.8, 4) is 0 Å². The van der Waals surface area contributed by atoms with E-state index in [4.69, 9.17) is 5.73 Å². The molecule has 0 spiro atoms. The van der Waals surface area contributed by atoms with Crippen molar-refractivity contribution in [3.05, 3.63) is 5.73 Å². The molecular formula is C5H9KN2O.